The van der Waals surface area contributed by atoms with E-state index in [1.54, 1.807) is 0 Å². The second kappa shape index (κ2) is 5.23. The Labute approximate surface area is 126 Å². The molecule has 0 atom stereocenters. The van der Waals surface area contributed by atoms with Crippen molar-refractivity contribution in [2.75, 3.05) is 6.26 Å². The molecule has 2 rings (SSSR count). The summed E-state index contributed by atoms with van der Waals surface area (Å²) in [6, 6.07) is 6.55. The van der Waals surface area contributed by atoms with Crippen LogP contribution in [0.15, 0.2) is 41.4 Å². The summed E-state index contributed by atoms with van der Waals surface area (Å²) in [5.41, 5.74) is -0.266. The van der Waals surface area contributed by atoms with Crippen LogP contribution in [-0.4, -0.2) is 33.0 Å². The van der Waals surface area contributed by atoms with Crippen LogP contribution in [0.25, 0.3) is 11.1 Å². The Bertz CT molecular complexity index is 940. The Morgan fingerprint density at radius 2 is 1.64 bits per heavy atom. The number of carboxylic acids is 1. The van der Waals surface area contributed by atoms with E-state index in [1.807, 2.05) is 0 Å². The summed E-state index contributed by atoms with van der Waals surface area (Å²) in [4.78, 5) is 11.3. The van der Waals surface area contributed by atoms with Crippen molar-refractivity contribution in [3.8, 4) is 11.1 Å². The molecule has 2 aromatic rings. The van der Waals surface area contributed by atoms with Gasteiger partial charge in [0.1, 0.15) is 0 Å². The fourth-order valence-electron chi connectivity index (χ4n) is 1.94. The summed E-state index contributed by atoms with van der Waals surface area (Å²) in [6.07, 6.45) is 2.02. The SMILES string of the molecule is CS(=O)(=O)c1ccc(-c2ccn(S(N)(=O)=O)c2C(=O)[O-])cc1. The van der Waals surface area contributed by atoms with Gasteiger partial charge in [0, 0.05) is 18.0 Å². The minimum atomic E-state index is -4.30. The van der Waals surface area contributed by atoms with Crippen molar-refractivity contribution in [3.05, 3.63) is 42.2 Å². The summed E-state index contributed by atoms with van der Waals surface area (Å²) in [7, 11) is -7.69. The van der Waals surface area contributed by atoms with Gasteiger partial charge in [0.25, 0.3) is 0 Å². The smallest absolute Gasteiger partial charge is 0.302 e. The van der Waals surface area contributed by atoms with E-state index in [4.69, 9.17) is 5.14 Å². The molecule has 1 heterocycles. The zero-order valence-corrected chi connectivity index (χ0v) is 12.9. The maximum absolute atomic E-state index is 11.4. The lowest BCUT2D eigenvalue weighted by Gasteiger charge is -2.10. The number of benzene rings is 1. The third-order valence-electron chi connectivity index (χ3n) is 2.91. The van der Waals surface area contributed by atoms with Crippen LogP contribution in [0, 0.1) is 0 Å². The van der Waals surface area contributed by atoms with E-state index in [9.17, 15) is 26.7 Å². The standard InChI is InChI=1S/C12H12N2O6S2/c1-21(17,18)9-4-2-8(3-5-9)10-6-7-14(22(13,19)20)11(10)12(15)16/h2-7H,1H3,(H,15,16)(H2,13,19,20)/p-1. The summed E-state index contributed by atoms with van der Waals surface area (Å²) < 4.78 is 45.9. The van der Waals surface area contributed by atoms with Gasteiger partial charge in [-0.25, -0.2) is 17.5 Å². The molecule has 10 heteroatoms. The first-order valence-corrected chi connectivity index (χ1v) is 9.18. The number of carbonyl (C=O) groups excluding carboxylic acids is 1. The van der Waals surface area contributed by atoms with Crippen molar-refractivity contribution in [3.63, 3.8) is 0 Å². The first kappa shape index (κ1) is 16.2. The summed E-state index contributed by atoms with van der Waals surface area (Å²) in [5.74, 6) is -1.72. The Kier molecular flexibility index (Phi) is 3.85. The highest BCUT2D eigenvalue weighted by molar-refractivity contribution is 7.90. The van der Waals surface area contributed by atoms with E-state index in [1.165, 1.54) is 30.3 Å². The van der Waals surface area contributed by atoms with Gasteiger partial charge in [0.05, 0.1) is 16.6 Å². The number of nitrogens with zero attached hydrogens (tertiary/aromatic N) is 1. The molecule has 0 spiro atoms. The maximum Gasteiger partial charge on any atom is 0.302 e. The number of hydrogen-bond acceptors (Lipinski definition) is 6. The van der Waals surface area contributed by atoms with Crippen molar-refractivity contribution < 1.29 is 26.7 Å². The average molecular weight is 343 g/mol. The van der Waals surface area contributed by atoms with Crippen LogP contribution in [0.1, 0.15) is 10.5 Å². The number of aromatic carboxylic acids is 1. The monoisotopic (exact) mass is 343 g/mol. The van der Waals surface area contributed by atoms with E-state index < -0.39 is 31.7 Å². The van der Waals surface area contributed by atoms with Crippen LogP contribution >= 0.6 is 0 Å². The number of sulfone groups is 1. The van der Waals surface area contributed by atoms with Crippen LogP contribution in [0.2, 0.25) is 0 Å². The van der Waals surface area contributed by atoms with Gasteiger partial charge in [-0.1, -0.05) is 12.1 Å². The molecular weight excluding hydrogens is 332 g/mol. The number of hydrogen-bond donors (Lipinski definition) is 1. The fourth-order valence-corrected chi connectivity index (χ4v) is 3.23. The first-order chi connectivity index (χ1) is 10.0. The normalized spacial score (nSPS) is 12.3. The topological polar surface area (TPSA) is 139 Å². The van der Waals surface area contributed by atoms with Gasteiger partial charge in [-0.05, 0) is 23.8 Å². The molecule has 0 unspecified atom stereocenters. The molecule has 1 aromatic carbocycles. The third-order valence-corrected chi connectivity index (χ3v) is 4.89. The summed E-state index contributed by atoms with van der Waals surface area (Å²) in [6.45, 7) is 0. The predicted octanol–water partition coefficient (Wildman–Crippen LogP) is -1.03. The highest BCUT2D eigenvalue weighted by atomic mass is 32.2. The van der Waals surface area contributed by atoms with Crippen LogP contribution in [0.4, 0.5) is 0 Å². The summed E-state index contributed by atoms with van der Waals surface area (Å²) in [5, 5.41) is 16.1. The van der Waals surface area contributed by atoms with Crippen molar-refractivity contribution in [2.24, 2.45) is 5.14 Å². The first-order valence-electron chi connectivity index (χ1n) is 5.78. The molecule has 0 bridgehead atoms. The number of rotatable bonds is 4. The quantitative estimate of drug-likeness (QED) is 0.753. The largest absolute Gasteiger partial charge is 0.543 e. The molecule has 0 saturated heterocycles. The molecule has 0 amide bonds. The highest BCUT2D eigenvalue weighted by Gasteiger charge is 2.18. The lowest BCUT2D eigenvalue weighted by molar-refractivity contribution is -0.255. The molecule has 0 fully saturated rings. The molecule has 0 aliphatic rings. The van der Waals surface area contributed by atoms with E-state index in [-0.39, 0.29) is 10.5 Å². The molecule has 118 valence electrons. The third kappa shape index (κ3) is 3.03. The molecule has 8 nitrogen and oxygen atoms in total. The number of carboxylic acid groups (broad SMARTS) is 1. The van der Waals surface area contributed by atoms with Crippen LogP contribution in [0.3, 0.4) is 0 Å². The van der Waals surface area contributed by atoms with Crippen molar-refractivity contribution in [1.82, 2.24) is 3.97 Å². The van der Waals surface area contributed by atoms with Gasteiger partial charge < -0.3 is 9.90 Å². The second-order valence-electron chi connectivity index (χ2n) is 4.50. The summed E-state index contributed by atoms with van der Waals surface area (Å²) >= 11 is 0. The zero-order chi connectivity index (χ0) is 16.7. The van der Waals surface area contributed by atoms with Crippen LogP contribution in [0.5, 0.6) is 0 Å². The fraction of sp³-hybridized carbons (Fsp3) is 0.0833. The van der Waals surface area contributed by atoms with Gasteiger partial charge in [0.15, 0.2) is 9.84 Å². The minimum Gasteiger partial charge on any atom is -0.543 e. The second-order valence-corrected chi connectivity index (χ2v) is 7.94. The van der Waals surface area contributed by atoms with Gasteiger partial charge >= 0.3 is 10.2 Å². The molecule has 22 heavy (non-hydrogen) atoms. The van der Waals surface area contributed by atoms with E-state index in [2.05, 4.69) is 0 Å². The Morgan fingerprint density at radius 1 is 1.09 bits per heavy atom. The molecule has 2 N–H and O–H groups in total. The van der Waals surface area contributed by atoms with Crippen LogP contribution in [-0.2, 0) is 20.0 Å². The molecular formula is C12H11N2O6S2-. The molecule has 0 saturated carbocycles. The number of aromatic nitrogens is 1. The van der Waals surface area contributed by atoms with Gasteiger partial charge in [0.2, 0.25) is 0 Å². The van der Waals surface area contributed by atoms with Crippen LogP contribution < -0.4 is 10.2 Å². The predicted molar refractivity (Wildman–Crippen MR) is 75.8 cm³/mol. The Morgan fingerprint density at radius 3 is 2.05 bits per heavy atom. The molecule has 0 radical (unpaired) electrons. The molecule has 0 aliphatic heterocycles. The zero-order valence-electron chi connectivity index (χ0n) is 11.3. The average Bonchev–Trinajstić information content (AvgIpc) is 2.82. The Hall–Kier alpha value is -2.17. The van der Waals surface area contributed by atoms with Gasteiger partial charge in [-0.3, -0.25) is 0 Å². The number of nitrogens with two attached hydrogens (primary N) is 1. The lowest BCUT2D eigenvalue weighted by atomic mass is 10.1. The van der Waals surface area contributed by atoms with Crippen molar-refractivity contribution in [1.29, 1.82) is 0 Å². The van der Waals surface area contributed by atoms with Gasteiger partial charge in [-0.15, -0.1) is 0 Å². The van der Waals surface area contributed by atoms with E-state index in [0.717, 1.165) is 12.5 Å². The van der Waals surface area contributed by atoms with E-state index in [0.29, 0.717) is 9.54 Å². The Balaban J connectivity index is 2.64. The van der Waals surface area contributed by atoms with E-state index >= 15 is 0 Å². The van der Waals surface area contributed by atoms with Gasteiger partial charge in [-0.2, -0.15) is 8.42 Å². The number of carbonyl (C=O) groups is 1. The molecule has 0 aliphatic carbocycles. The maximum atomic E-state index is 11.4. The van der Waals surface area contributed by atoms with Crippen molar-refractivity contribution >= 4 is 26.0 Å². The molecule has 1 aromatic heterocycles. The van der Waals surface area contributed by atoms with Crippen molar-refractivity contribution in [2.45, 2.75) is 4.90 Å². The lowest BCUT2D eigenvalue weighted by Crippen LogP contribution is -2.31. The minimum absolute atomic E-state index is 0.0501. The highest BCUT2D eigenvalue weighted by Crippen LogP contribution is 2.26.